The average molecular weight is 205 g/mol. The lowest BCUT2D eigenvalue weighted by atomic mass is 10.0. The molecule has 4 nitrogen and oxygen atoms in total. The van der Waals surface area contributed by atoms with E-state index in [0.717, 1.165) is 0 Å². The van der Waals surface area contributed by atoms with Crippen LogP contribution in [0.3, 0.4) is 0 Å². The van der Waals surface area contributed by atoms with Crippen LogP contribution in [0, 0.1) is 17.2 Å². The van der Waals surface area contributed by atoms with Gasteiger partial charge in [0.2, 0.25) is 0 Å². The van der Waals surface area contributed by atoms with E-state index in [-0.39, 0.29) is 24.2 Å². The summed E-state index contributed by atoms with van der Waals surface area (Å²) in [5.74, 6) is -0.261. The molecule has 0 bridgehead atoms. The van der Waals surface area contributed by atoms with Crippen LogP contribution >= 0.6 is 0 Å². The van der Waals surface area contributed by atoms with Crippen molar-refractivity contribution in [3.63, 3.8) is 0 Å². The predicted molar refractivity (Wildman–Crippen MR) is 56.3 cm³/mol. The SMILES string of the molecule is CC(C#N)CC(=O)c1cncn1C(C)C. The Morgan fingerprint density at radius 3 is 2.80 bits per heavy atom. The maximum Gasteiger partial charge on any atom is 0.182 e. The van der Waals surface area contributed by atoms with E-state index < -0.39 is 0 Å². The lowest BCUT2D eigenvalue weighted by Crippen LogP contribution is -2.12. The normalized spacial score (nSPS) is 12.5. The molecule has 80 valence electrons. The number of carbonyl (C=O) groups is 1. The van der Waals surface area contributed by atoms with Crippen molar-refractivity contribution in [2.45, 2.75) is 33.2 Å². The molecule has 1 rings (SSSR count). The summed E-state index contributed by atoms with van der Waals surface area (Å²) in [6, 6.07) is 2.27. The summed E-state index contributed by atoms with van der Waals surface area (Å²) in [5.41, 5.74) is 0.590. The van der Waals surface area contributed by atoms with E-state index in [1.807, 2.05) is 18.4 Å². The zero-order valence-corrected chi connectivity index (χ0v) is 9.27. The van der Waals surface area contributed by atoms with Crippen molar-refractivity contribution in [1.82, 2.24) is 9.55 Å². The highest BCUT2D eigenvalue weighted by molar-refractivity contribution is 5.94. The summed E-state index contributed by atoms with van der Waals surface area (Å²) in [5, 5.41) is 8.64. The van der Waals surface area contributed by atoms with E-state index in [1.54, 1.807) is 19.4 Å². The second-order valence-corrected chi connectivity index (χ2v) is 3.94. The van der Waals surface area contributed by atoms with Gasteiger partial charge in [0.05, 0.1) is 24.5 Å². The van der Waals surface area contributed by atoms with Gasteiger partial charge in [0.25, 0.3) is 0 Å². The Morgan fingerprint density at radius 1 is 1.60 bits per heavy atom. The Balaban J connectivity index is 2.83. The van der Waals surface area contributed by atoms with Gasteiger partial charge >= 0.3 is 0 Å². The number of aromatic nitrogens is 2. The lowest BCUT2D eigenvalue weighted by molar-refractivity contribution is 0.0962. The fraction of sp³-hybridized carbons (Fsp3) is 0.545. The van der Waals surface area contributed by atoms with Gasteiger partial charge in [-0.15, -0.1) is 0 Å². The van der Waals surface area contributed by atoms with Crippen LogP contribution in [0.4, 0.5) is 0 Å². The molecule has 0 aliphatic rings. The van der Waals surface area contributed by atoms with Gasteiger partial charge in [0, 0.05) is 12.5 Å². The first-order chi connectivity index (χ1) is 7.06. The number of nitriles is 1. The number of nitrogens with zero attached hydrogens (tertiary/aromatic N) is 3. The zero-order valence-electron chi connectivity index (χ0n) is 9.27. The molecular weight excluding hydrogens is 190 g/mol. The van der Waals surface area contributed by atoms with E-state index >= 15 is 0 Å². The summed E-state index contributed by atoms with van der Waals surface area (Å²) in [6.07, 6.45) is 3.47. The van der Waals surface area contributed by atoms with Crippen LogP contribution in [-0.2, 0) is 0 Å². The second-order valence-electron chi connectivity index (χ2n) is 3.94. The van der Waals surface area contributed by atoms with Crippen LogP contribution in [0.2, 0.25) is 0 Å². The fourth-order valence-electron chi connectivity index (χ4n) is 1.36. The Labute approximate surface area is 89.5 Å². The topological polar surface area (TPSA) is 58.7 Å². The molecule has 4 heteroatoms. The maximum atomic E-state index is 11.8. The minimum atomic E-state index is -0.243. The number of carbonyl (C=O) groups excluding carboxylic acids is 1. The van der Waals surface area contributed by atoms with Crippen LogP contribution in [0.15, 0.2) is 12.5 Å². The molecule has 1 atom stereocenters. The standard InChI is InChI=1S/C11H15N3O/c1-8(2)14-7-13-6-10(14)11(15)4-9(3)5-12/h6-9H,4H2,1-3H3. The van der Waals surface area contributed by atoms with Crippen molar-refractivity contribution in [3.05, 3.63) is 18.2 Å². The molecule has 0 N–H and O–H groups in total. The maximum absolute atomic E-state index is 11.8. The van der Waals surface area contributed by atoms with Gasteiger partial charge < -0.3 is 4.57 Å². The lowest BCUT2D eigenvalue weighted by Gasteiger charge is -2.10. The molecule has 0 aliphatic heterocycles. The molecule has 1 unspecified atom stereocenters. The Hall–Kier alpha value is -1.63. The van der Waals surface area contributed by atoms with Crippen LogP contribution in [0.1, 0.15) is 43.7 Å². The van der Waals surface area contributed by atoms with E-state index in [1.165, 1.54) is 0 Å². The molecule has 1 aromatic heterocycles. The van der Waals surface area contributed by atoms with Crippen LogP contribution in [0.5, 0.6) is 0 Å². The Bertz CT molecular complexity index is 387. The summed E-state index contributed by atoms with van der Waals surface area (Å²) in [6.45, 7) is 5.73. The number of imidazole rings is 1. The monoisotopic (exact) mass is 205 g/mol. The molecule has 0 aromatic carbocycles. The molecule has 0 radical (unpaired) electrons. The van der Waals surface area contributed by atoms with Crippen molar-refractivity contribution >= 4 is 5.78 Å². The first-order valence-electron chi connectivity index (χ1n) is 5.01. The highest BCUT2D eigenvalue weighted by atomic mass is 16.1. The second kappa shape index (κ2) is 4.74. The van der Waals surface area contributed by atoms with Crippen molar-refractivity contribution in [1.29, 1.82) is 5.26 Å². The summed E-state index contributed by atoms with van der Waals surface area (Å²) >= 11 is 0. The highest BCUT2D eigenvalue weighted by Gasteiger charge is 2.16. The first kappa shape index (κ1) is 11.4. The molecule has 0 aliphatic carbocycles. The quantitative estimate of drug-likeness (QED) is 0.708. The summed E-state index contributed by atoms with van der Waals surface area (Å²) < 4.78 is 1.83. The zero-order chi connectivity index (χ0) is 11.4. The average Bonchev–Trinajstić information content (AvgIpc) is 2.65. The summed E-state index contributed by atoms with van der Waals surface area (Å²) in [7, 11) is 0. The third-order valence-electron chi connectivity index (χ3n) is 2.22. The number of rotatable bonds is 4. The minimum Gasteiger partial charge on any atom is -0.326 e. The molecule has 1 heterocycles. The van der Waals surface area contributed by atoms with Crippen molar-refractivity contribution in [2.75, 3.05) is 0 Å². The number of hydrogen-bond donors (Lipinski definition) is 0. The smallest absolute Gasteiger partial charge is 0.182 e. The third kappa shape index (κ3) is 2.66. The van der Waals surface area contributed by atoms with Gasteiger partial charge in [-0.3, -0.25) is 4.79 Å². The highest BCUT2D eigenvalue weighted by Crippen LogP contribution is 2.13. The molecule has 15 heavy (non-hydrogen) atoms. The Morgan fingerprint density at radius 2 is 2.27 bits per heavy atom. The van der Waals surface area contributed by atoms with E-state index in [9.17, 15) is 4.79 Å². The van der Waals surface area contributed by atoms with Crippen LogP contribution in [0.25, 0.3) is 0 Å². The number of Topliss-reactive ketones (excluding diaryl/α,β-unsaturated/α-hetero) is 1. The molecular formula is C11H15N3O. The van der Waals surface area contributed by atoms with Gasteiger partial charge in [-0.05, 0) is 20.8 Å². The largest absolute Gasteiger partial charge is 0.326 e. The third-order valence-corrected chi connectivity index (χ3v) is 2.22. The Kier molecular flexibility index (Phi) is 3.62. The predicted octanol–water partition coefficient (Wildman–Crippen LogP) is 2.20. The van der Waals surface area contributed by atoms with Gasteiger partial charge in [-0.25, -0.2) is 4.98 Å². The molecule has 1 aromatic rings. The molecule has 0 saturated carbocycles. The van der Waals surface area contributed by atoms with Crippen molar-refractivity contribution < 1.29 is 4.79 Å². The van der Waals surface area contributed by atoms with E-state index in [2.05, 4.69) is 11.1 Å². The van der Waals surface area contributed by atoms with Crippen LogP contribution < -0.4 is 0 Å². The van der Waals surface area contributed by atoms with Gasteiger partial charge in [0.15, 0.2) is 5.78 Å². The number of ketones is 1. The van der Waals surface area contributed by atoms with Crippen molar-refractivity contribution in [2.24, 2.45) is 5.92 Å². The molecule has 0 spiro atoms. The van der Waals surface area contributed by atoms with Crippen LogP contribution in [-0.4, -0.2) is 15.3 Å². The first-order valence-corrected chi connectivity index (χ1v) is 5.01. The van der Waals surface area contributed by atoms with E-state index in [4.69, 9.17) is 5.26 Å². The molecule has 0 amide bonds. The van der Waals surface area contributed by atoms with Gasteiger partial charge in [-0.1, -0.05) is 0 Å². The fourth-order valence-corrected chi connectivity index (χ4v) is 1.36. The van der Waals surface area contributed by atoms with Gasteiger partial charge in [-0.2, -0.15) is 5.26 Å². The molecule has 0 saturated heterocycles. The van der Waals surface area contributed by atoms with Crippen molar-refractivity contribution in [3.8, 4) is 6.07 Å². The van der Waals surface area contributed by atoms with E-state index in [0.29, 0.717) is 5.69 Å². The number of hydrogen-bond acceptors (Lipinski definition) is 3. The molecule has 0 fully saturated rings. The minimum absolute atomic E-state index is 0.0183. The summed E-state index contributed by atoms with van der Waals surface area (Å²) in [4.78, 5) is 15.7. The van der Waals surface area contributed by atoms with Gasteiger partial charge in [0.1, 0.15) is 5.69 Å².